The predicted molar refractivity (Wildman–Crippen MR) is 67.9 cm³/mol. The summed E-state index contributed by atoms with van der Waals surface area (Å²) in [6.07, 6.45) is 6.38. The van der Waals surface area contributed by atoms with Crippen LogP contribution in [0, 0.1) is 11.6 Å². The number of aromatic nitrogens is 4. The van der Waals surface area contributed by atoms with E-state index in [9.17, 15) is 0 Å². The number of rotatable bonds is 1. The molecule has 88 valence electrons. The van der Waals surface area contributed by atoms with Gasteiger partial charge in [0.05, 0.1) is 12.0 Å². The van der Waals surface area contributed by atoms with E-state index < -0.39 is 0 Å². The summed E-state index contributed by atoms with van der Waals surface area (Å²) in [6.45, 7) is 2.12. The molecule has 0 atom stereocenters. The maximum Gasteiger partial charge on any atom is 0.135 e. The molecule has 0 aliphatic heterocycles. The van der Waals surface area contributed by atoms with Crippen molar-refractivity contribution in [2.45, 2.75) is 32.6 Å². The van der Waals surface area contributed by atoms with Crippen molar-refractivity contribution in [1.82, 2.24) is 19.7 Å². The molecule has 0 amide bonds. The lowest BCUT2D eigenvalue weighted by Crippen LogP contribution is -2.02. The summed E-state index contributed by atoms with van der Waals surface area (Å²) in [5, 5.41) is 4.67. The van der Waals surface area contributed by atoms with Crippen LogP contribution in [0.25, 0.3) is 5.82 Å². The second-order valence-electron chi connectivity index (χ2n) is 4.40. The summed E-state index contributed by atoms with van der Waals surface area (Å²) >= 11 is 5.08. The molecule has 1 aliphatic carbocycles. The van der Waals surface area contributed by atoms with Crippen LogP contribution in [-0.4, -0.2) is 19.7 Å². The highest BCUT2D eigenvalue weighted by atomic mass is 32.1. The van der Waals surface area contributed by atoms with Gasteiger partial charge < -0.3 is 4.98 Å². The highest BCUT2D eigenvalue weighted by molar-refractivity contribution is 7.71. The standard InChI is InChI=1S/C12H14N4S/c1-8-9-4-2-3-5-10(9)15-16(8)11-6-12(17)14-7-13-11/h6-7H,2-5H2,1H3,(H,13,14,17). The molecule has 1 aliphatic rings. The Kier molecular flexibility index (Phi) is 2.55. The monoisotopic (exact) mass is 246 g/mol. The Balaban J connectivity index is 2.15. The van der Waals surface area contributed by atoms with Gasteiger partial charge in [0, 0.05) is 11.8 Å². The minimum atomic E-state index is 0.589. The number of H-pyrrole nitrogens is 1. The molecule has 0 aromatic carbocycles. The van der Waals surface area contributed by atoms with Gasteiger partial charge in [-0.2, -0.15) is 5.10 Å². The smallest absolute Gasteiger partial charge is 0.135 e. The largest absolute Gasteiger partial charge is 0.331 e. The van der Waals surface area contributed by atoms with Gasteiger partial charge in [-0.05, 0) is 38.2 Å². The third-order valence-electron chi connectivity index (χ3n) is 3.31. The van der Waals surface area contributed by atoms with Crippen molar-refractivity contribution in [2.24, 2.45) is 0 Å². The minimum absolute atomic E-state index is 0.589. The van der Waals surface area contributed by atoms with E-state index in [0.29, 0.717) is 4.64 Å². The molecule has 1 N–H and O–H groups in total. The van der Waals surface area contributed by atoms with Crippen LogP contribution in [0.2, 0.25) is 0 Å². The minimum Gasteiger partial charge on any atom is -0.331 e. The first-order valence-electron chi connectivity index (χ1n) is 5.88. The Morgan fingerprint density at radius 2 is 2.18 bits per heavy atom. The molecule has 0 saturated carbocycles. The van der Waals surface area contributed by atoms with Gasteiger partial charge in [0.15, 0.2) is 0 Å². The van der Waals surface area contributed by atoms with Crippen LogP contribution in [0.4, 0.5) is 0 Å². The van der Waals surface area contributed by atoms with E-state index in [1.807, 2.05) is 10.7 Å². The van der Waals surface area contributed by atoms with Gasteiger partial charge in [0.2, 0.25) is 0 Å². The van der Waals surface area contributed by atoms with E-state index >= 15 is 0 Å². The van der Waals surface area contributed by atoms with Gasteiger partial charge in [0.25, 0.3) is 0 Å². The molecule has 4 nitrogen and oxygen atoms in total. The first-order chi connectivity index (χ1) is 8.25. The Bertz CT molecular complexity index is 611. The van der Waals surface area contributed by atoms with Crippen LogP contribution >= 0.6 is 12.2 Å². The normalized spacial score (nSPS) is 14.6. The molecule has 17 heavy (non-hydrogen) atoms. The third kappa shape index (κ3) is 1.80. The maximum absolute atomic E-state index is 5.08. The van der Waals surface area contributed by atoms with Gasteiger partial charge in [0.1, 0.15) is 10.5 Å². The highest BCUT2D eigenvalue weighted by Crippen LogP contribution is 2.24. The highest BCUT2D eigenvalue weighted by Gasteiger charge is 2.18. The van der Waals surface area contributed by atoms with Gasteiger partial charge in [-0.15, -0.1) is 0 Å². The lowest BCUT2D eigenvalue weighted by Gasteiger charge is -2.08. The number of aryl methyl sites for hydroxylation is 1. The van der Waals surface area contributed by atoms with Crippen molar-refractivity contribution in [2.75, 3.05) is 0 Å². The molecule has 0 spiro atoms. The predicted octanol–water partition coefficient (Wildman–Crippen LogP) is 2.51. The Morgan fingerprint density at radius 3 is 2.94 bits per heavy atom. The zero-order valence-electron chi connectivity index (χ0n) is 9.73. The molecule has 0 fully saturated rings. The molecule has 3 rings (SSSR count). The first-order valence-corrected chi connectivity index (χ1v) is 6.29. The average molecular weight is 246 g/mol. The van der Waals surface area contributed by atoms with Crippen molar-refractivity contribution in [3.05, 3.63) is 34.0 Å². The quantitative estimate of drug-likeness (QED) is 0.786. The summed E-state index contributed by atoms with van der Waals surface area (Å²) in [6, 6.07) is 1.85. The van der Waals surface area contributed by atoms with Crippen molar-refractivity contribution in [3.8, 4) is 5.82 Å². The summed E-state index contributed by atoms with van der Waals surface area (Å²) in [5.74, 6) is 0.900. The summed E-state index contributed by atoms with van der Waals surface area (Å²) in [5.41, 5.74) is 3.87. The first kappa shape index (κ1) is 10.7. The van der Waals surface area contributed by atoms with Crippen LogP contribution in [0.1, 0.15) is 29.8 Å². The summed E-state index contributed by atoms with van der Waals surface area (Å²) < 4.78 is 2.54. The van der Waals surface area contributed by atoms with Crippen LogP contribution in [0.15, 0.2) is 12.4 Å². The molecule has 0 bridgehead atoms. The number of hydrogen-bond donors (Lipinski definition) is 1. The van der Waals surface area contributed by atoms with E-state index in [-0.39, 0.29) is 0 Å². The van der Waals surface area contributed by atoms with Gasteiger partial charge in [-0.3, -0.25) is 0 Å². The lowest BCUT2D eigenvalue weighted by atomic mass is 9.96. The second kappa shape index (κ2) is 4.07. The Labute approximate surface area is 105 Å². The fourth-order valence-electron chi connectivity index (χ4n) is 2.43. The van der Waals surface area contributed by atoms with E-state index in [0.717, 1.165) is 18.7 Å². The number of aromatic amines is 1. The Hall–Kier alpha value is -1.49. The number of fused-ring (bicyclic) bond motifs is 1. The van der Waals surface area contributed by atoms with Gasteiger partial charge in [-0.25, -0.2) is 9.67 Å². The van der Waals surface area contributed by atoms with E-state index in [1.54, 1.807) is 6.33 Å². The van der Waals surface area contributed by atoms with E-state index in [4.69, 9.17) is 12.2 Å². The van der Waals surface area contributed by atoms with Gasteiger partial charge >= 0.3 is 0 Å². The molecule has 5 heteroatoms. The average Bonchev–Trinajstić information content (AvgIpc) is 2.68. The third-order valence-corrected chi connectivity index (χ3v) is 3.53. The number of nitrogens with one attached hydrogen (secondary N) is 1. The molecule has 2 aromatic heterocycles. The SMILES string of the molecule is Cc1c2c(nn1-c1cc(=S)nc[nH]1)CCCC2. The van der Waals surface area contributed by atoms with Crippen molar-refractivity contribution in [3.63, 3.8) is 0 Å². The van der Waals surface area contributed by atoms with Crippen molar-refractivity contribution in [1.29, 1.82) is 0 Å². The fraction of sp³-hybridized carbons (Fsp3) is 0.417. The molecular weight excluding hydrogens is 232 g/mol. The Morgan fingerprint density at radius 1 is 1.35 bits per heavy atom. The van der Waals surface area contributed by atoms with Crippen LogP contribution in [0.3, 0.4) is 0 Å². The molecule has 2 aromatic rings. The second-order valence-corrected chi connectivity index (χ2v) is 4.82. The van der Waals surface area contributed by atoms with Crippen LogP contribution in [0.5, 0.6) is 0 Å². The zero-order chi connectivity index (χ0) is 11.8. The molecular formula is C12H14N4S. The molecule has 0 saturated heterocycles. The van der Waals surface area contributed by atoms with E-state index in [1.165, 1.54) is 29.8 Å². The fourth-order valence-corrected chi connectivity index (χ4v) is 2.59. The number of hydrogen-bond acceptors (Lipinski definition) is 3. The van der Waals surface area contributed by atoms with E-state index in [2.05, 4.69) is 22.0 Å². The number of nitrogens with zero attached hydrogens (tertiary/aromatic N) is 3. The summed E-state index contributed by atoms with van der Waals surface area (Å²) in [7, 11) is 0. The lowest BCUT2D eigenvalue weighted by molar-refractivity contribution is 0.670. The van der Waals surface area contributed by atoms with Crippen LogP contribution in [-0.2, 0) is 12.8 Å². The maximum atomic E-state index is 5.08. The van der Waals surface area contributed by atoms with Crippen molar-refractivity contribution < 1.29 is 0 Å². The molecule has 0 unspecified atom stereocenters. The molecule has 2 heterocycles. The van der Waals surface area contributed by atoms with Crippen LogP contribution < -0.4 is 0 Å². The summed E-state index contributed by atoms with van der Waals surface area (Å²) in [4.78, 5) is 7.09. The topological polar surface area (TPSA) is 46.5 Å². The van der Waals surface area contributed by atoms with Gasteiger partial charge in [-0.1, -0.05) is 12.2 Å². The zero-order valence-corrected chi connectivity index (χ0v) is 10.5. The molecule has 0 radical (unpaired) electrons. The van der Waals surface area contributed by atoms with Crippen molar-refractivity contribution >= 4 is 12.2 Å².